The zero-order valence-electron chi connectivity index (χ0n) is 14.9. The Bertz CT molecular complexity index is 821. The molecule has 0 fully saturated rings. The maximum absolute atomic E-state index is 12.7. The number of aryl methyl sites for hydroxylation is 1. The van der Waals surface area contributed by atoms with Crippen LogP contribution in [0.25, 0.3) is 0 Å². The summed E-state index contributed by atoms with van der Waals surface area (Å²) in [5, 5.41) is 0. The third-order valence-electron chi connectivity index (χ3n) is 6.01. The summed E-state index contributed by atoms with van der Waals surface area (Å²) >= 11 is 0. The SMILES string of the molecule is CC1C(=O)C=C(OCc2ccccc2)C2(C)CCc3ccccc3C12. The van der Waals surface area contributed by atoms with E-state index in [4.69, 9.17) is 4.74 Å². The first kappa shape index (κ1) is 16.1. The van der Waals surface area contributed by atoms with Crippen LogP contribution >= 0.6 is 0 Å². The van der Waals surface area contributed by atoms with E-state index in [0.717, 1.165) is 24.2 Å². The van der Waals surface area contributed by atoms with Crippen LogP contribution in [0, 0.1) is 11.3 Å². The molecule has 0 spiro atoms. The van der Waals surface area contributed by atoms with Crippen LogP contribution < -0.4 is 0 Å². The Morgan fingerprint density at radius 3 is 2.60 bits per heavy atom. The predicted molar refractivity (Wildman–Crippen MR) is 99.1 cm³/mol. The van der Waals surface area contributed by atoms with Crippen LogP contribution in [0.2, 0.25) is 0 Å². The molecule has 25 heavy (non-hydrogen) atoms. The van der Waals surface area contributed by atoms with Gasteiger partial charge in [-0.3, -0.25) is 4.79 Å². The first-order valence-corrected chi connectivity index (χ1v) is 9.10. The van der Waals surface area contributed by atoms with Gasteiger partial charge >= 0.3 is 0 Å². The fraction of sp³-hybridized carbons (Fsp3) is 0.348. The highest BCUT2D eigenvalue weighted by molar-refractivity contribution is 5.94. The molecule has 128 valence electrons. The number of rotatable bonds is 3. The fourth-order valence-corrected chi connectivity index (χ4v) is 4.59. The molecule has 4 rings (SSSR count). The molecule has 2 nitrogen and oxygen atoms in total. The third-order valence-corrected chi connectivity index (χ3v) is 6.01. The number of ether oxygens (including phenoxy) is 1. The average Bonchev–Trinajstić information content (AvgIpc) is 2.64. The van der Waals surface area contributed by atoms with Crippen LogP contribution in [0.3, 0.4) is 0 Å². The molecule has 0 bridgehead atoms. The van der Waals surface area contributed by atoms with E-state index in [9.17, 15) is 4.79 Å². The molecule has 0 aromatic heterocycles. The summed E-state index contributed by atoms with van der Waals surface area (Å²) < 4.78 is 6.22. The molecular formula is C23H24O2. The fourth-order valence-electron chi connectivity index (χ4n) is 4.59. The van der Waals surface area contributed by atoms with E-state index in [2.05, 4.69) is 50.2 Å². The lowest BCUT2D eigenvalue weighted by Crippen LogP contribution is -2.42. The van der Waals surface area contributed by atoms with Crippen molar-refractivity contribution in [2.75, 3.05) is 0 Å². The second-order valence-corrected chi connectivity index (χ2v) is 7.57. The molecule has 2 aromatic rings. The van der Waals surface area contributed by atoms with Crippen LogP contribution in [-0.4, -0.2) is 5.78 Å². The largest absolute Gasteiger partial charge is 0.493 e. The highest BCUT2D eigenvalue weighted by Crippen LogP contribution is 2.56. The minimum atomic E-state index is -0.115. The quantitative estimate of drug-likeness (QED) is 0.787. The molecule has 2 aromatic carbocycles. The van der Waals surface area contributed by atoms with Crippen LogP contribution in [0.1, 0.15) is 42.9 Å². The lowest BCUT2D eigenvalue weighted by atomic mass is 9.57. The summed E-state index contributed by atoms with van der Waals surface area (Å²) in [5.74, 6) is 1.23. The number of ketones is 1. The predicted octanol–water partition coefficient (Wildman–Crippen LogP) is 5.04. The maximum Gasteiger partial charge on any atom is 0.162 e. The Morgan fingerprint density at radius 2 is 1.80 bits per heavy atom. The van der Waals surface area contributed by atoms with Crippen molar-refractivity contribution in [1.29, 1.82) is 0 Å². The third kappa shape index (κ3) is 2.70. The zero-order valence-corrected chi connectivity index (χ0v) is 14.9. The van der Waals surface area contributed by atoms with Crippen molar-refractivity contribution < 1.29 is 9.53 Å². The molecule has 3 atom stereocenters. The molecule has 2 aliphatic rings. The van der Waals surface area contributed by atoms with Gasteiger partial charge in [-0.1, -0.05) is 68.4 Å². The van der Waals surface area contributed by atoms with Crippen molar-refractivity contribution in [2.24, 2.45) is 11.3 Å². The van der Waals surface area contributed by atoms with Crippen LogP contribution in [0.4, 0.5) is 0 Å². The minimum absolute atomic E-state index is 0.00414. The van der Waals surface area contributed by atoms with Crippen molar-refractivity contribution >= 4 is 5.78 Å². The number of fused-ring (bicyclic) bond motifs is 3. The first-order valence-electron chi connectivity index (χ1n) is 9.10. The van der Waals surface area contributed by atoms with Gasteiger partial charge in [0, 0.05) is 23.3 Å². The summed E-state index contributed by atoms with van der Waals surface area (Å²) in [5.41, 5.74) is 3.72. The Kier molecular flexibility index (Phi) is 3.99. The normalized spacial score (nSPS) is 27.9. The highest BCUT2D eigenvalue weighted by atomic mass is 16.5. The van der Waals surface area contributed by atoms with Gasteiger partial charge in [-0.2, -0.15) is 0 Å². The molecule has 0 heterocycles. The molecule has 2 heteroatoms. The number of hydrogen-bond acceptors (Lipinski definition) is 2. The lowest BCUT2D eigenvalue weighted by Gasteiger charge is -2.48. The molecule has 0 saturated heterocycles. The van der Waals surface area contributed by atoms with Gasteiger partial charge in [-0.05, 0) is 29.5 Å². The van der Waals surface area contributed by atoms with Crippen LogP contribution in [0.5, 0.6) is 0 Å². The van der Waals surface area contributed by atoms with Gasteiger partial charge in [-0.25, -0.2) is 0 Å². The summed E-state index contributed by atoms with van der Waals surface area (Å²) in [6, 6.07) is 18.7. The molecule has 0 saturated carbocycles. The molecule has 0 radical (unpaired) electrons. The summed E-state index contributed by atoms with van der Waals surface area (Å²) in [4.78, 5) is 12.7. The number of carbonyl (C=O) groups excluding carboxylic acids is 1. The Morgan fingerprint density at radius 1 is 1.08 bits per heavy atom. The van der Waals surface area contributed by atoms with E-state index in [0.29, 0.717) is 6.61 Å². The Labute approximate surface area is 149 Å². The lowest BCUT2D eigenvalue weighted by molar-refractivity contribution is -0.121. The van der Waals surface area contributed by atoms with E-state index >= 15 is 0 Å². The monoisotopic (exact) mass is 332 g/mol. The van der Waals surface area contributed by atoms with E-state index < -0.39 is 0 Å². The molecular weight excluding hydrogens is 308 g/mol. The number of hydrogen-bond donors (Lipinski definition) is 0. The van der Waals surface area contributed by atoms with Gasteiger partial charge in [0.1, 0.15) is 12.4 Å². The summed E-state index contributed by atoms with van der Waals surface area (Å²) in [6.07, 6.45) is 3.82. The van der Waals surface area contributed by atoms with Gasteiger partial charge in [0.25, 0.3) is 0 Å². The van der Waals surface area contributed by atoms with Crippen LogP contribution in [-0.2, 0) is 22.6 Å². The van der Waals surface area contributed by atoms with Gasteiger partial charge in [-0.15, -0.1) is 0 Å². The van der Waals surface area contributed by atoms with E-state index in [-0.39, 0.29) is 23.0 Å². The summed E-state index contributed by atoms with van der Waals surface area (Å²) in [6.45, 7) is 4.85. The van der Waals surface area contributed by atoms with Gasteiger partial charge in [0.05, 0.1) is 0 Å². The topological polar surface area (TPSA) is 26.3 Å². The number of benzene rings is 2. The zero-order chi connectivity index (χ0) is 17.4. The van der Waals surface area contributed by atoms with Crippen molar-refractivity contribution in [2.45, 2.75) is 39.2 Å². The average molecular weight is 332 g/mol. The molecule has 0 N–H and O–H groups in total. The van der Waals surface area contributed by atoms with Crippen molar-refractivity contribution in [3.05, 3.63) is 83.1 Å². The van der Waals surface area contributed by atoms with Gasteiger partial charge in [0.15, 0.2) is 5.78 Å². The Balaban J connectivity index is 1.69. The number of carbonyl (C=O) groups is 1. The Hall–Kier alpha value is -2.35. The second kappa shape index (κ2) is 6.18. The molecule has 2 aliphatic carbocycles. The standard InChI is InChI=1S/C23H24O2/c1-16-20(24)14-21(25-15-17-8-4-3-5-9-17)23(2)13-12-18-10-6-7-11-19(18)22(16)23/h3-11,14,16,22H,12-13,15H2,1-2H3. The highest BCUT2D eigenvalue weighted by Gasteiger charge is 2.50. The van der Waals surface area contributed by atoms with E-state index in [1.165, 1.54) is 11.1 Å². The molecule has 0 aliphatic heterocycles. The van der Waals surface area contributed by atoms with Gasteiger partial charge in [0.2, 0.25) is 0 Å². The second-order valence-electron chi connectivity index (χ2n) is 7.57. The number of allylic oxidation sites excluding steroid dienone is 2. The van der Waals surface area contributed by atoms with Crippen molar-refractivity contribution in [1.82, 2.24) is 0 Å². The molecule has 3 unspecified atom stereocenters. The first-order chi connectivity index (χ1) is 12.1. The minimum Gasteiger partial charge on any atom is -0.493 e. The van der Waals surface area contributed by atoms with Crippen LogP contribution in [0.15, 0.2) is 66.4 Å². The van der Waals surface area contributed by atoms with Gasteiger partial charge < -0.3 is 4.74 Å². The molecule has 0 amide bonds. The summed E-state index contributed by atoms with van der Waals surface area (Å²) in [7, 11) is 0. The van der Waals surface area contributed by atoms with Crippen molar-refractivity contribution in [3.63, 3.8) is 0 Å². The van der Waals surface area contributed by atoms with Crippen molar-refractivity contribution in [3.8, 4) is 0 Å². The maximum atomic E-state index is 12.7. The van der Waals surface area contributed by atoms with E-state index in [1.807, 2.05) is 18.2 Å². The smallest absolute Gasteiger partial charge is 0.162 e. The van der Waals surface area contributed by atoms with E-state index in [1.54, 1.807) is 6.08 Å².